The summed E-state index contributed by atoms with van der Waals surface area (Å²) >= 11 is 3.38. The van der Waals surface area contributed by atoms with Gasteiger partial charge in [0.2, 0.25) is 11.8 Å². The van der Waals surface area contributed by atoms with Gasteiger partial charge in [0.1, 0.15) is 5.75 Å². The van der Waals surface area contributed by atoms with Gasteiger partial charge in [-0.3, -0.25) is 5.43 Å². The number of benzene rings is 1. The first-order valence-corrected chi connectivity index (χ1v) is 7.08. The van der Waals surface area contributed by atoms with Crippen LogP contribution in [-0.2, 0) is 0 Å². The molecule has 0 saturated carbocycles. The Morgan fingerprint density at radius 1 is 1.35 bits per heavy atom. The van der Waals surface area contributed by atoms with Crippen LogP contribution in [0.4, 0.5) is 5.95 Å². The van der Waals surface area contributed by atoms with E-state index in [1.165, 1.54) is 0 Å². The minimum absolute atomic E-state index is 0.307. The second-order valence-corrected chi connectivity index (χ2v) is 5.64. The van der Waals surface area contributed by atoms with Crippen molar-refractivity contribution in [2.24, 2.45) is 5.84 Å². The average Bonchev–Trinajstić information content (AvgIpc) is 2.41. The van der Waals surface area contributed by atoms with Gasteiger partial charge in [-0.25, -0.2) is 10.8 Å². The fraction of sp³-hybridized carbons (Fsp3) is 0.286. The number of hydrogen-bond acceptors (Lipinski definition) is 5. The topological polar surface area (TPSA) is 73.1 Å². The van der Waals surface area contributed by atoms with Gasteiger partial charge < -0.3 is 4.74 Å². The van der Waals surface area contributed by atoms with Crippen LogP contribution in [0.2, 0.25) is 0 Å². The predicted molar refractivity (Wildman–Crippen MR) is 82.9 cm³/mol. The molecule has 1 aromatic heterocycles. The number of ether oxygens (including phenoxy) is 1. The van der Waals surface area contributed by atoms with Crippen molar-refractivity contribution in [3.8, 4) is 11.6 Å². The molecule has 0 aliphatic carbocycles. The molecule has 106 valence electrons. The number of nitrogens with two attached hydrogens (primary N) is 1. The maximum Gasteiger partial charge on any atom is 0.240 e. The Bertz CT molecular complexity index is 616. The lowest BCUT2D eigenvalue weighted by atomic mass is 10.0. The number of nitrogens with one attached hydrogen (secondary N) is 1. The fourth-order valence-electron chi connectivity index (χ4n) is 1.80. The smallest absolute Gasteiger partial charge is 0.240 e. The van der Waals surface area contributed by atoms with Crippen LogP contribution in [0.25, 0.3) is 0 Å². The van der Waals surface area contributed by atoms with Gasteiger partial charge in [0.25, 0.3) is 0 Å². The van der Waals surface area contributed by atoms with E-state index in [9.17, 15) is 0 Å². The zero-order valence-corrected chi connectivity index (χ0v) is 13.2. The van der Waals surface area contributed by atoms with Gasteiger partial charge in [-0.2, -0.15) is 4.98 Å². The van der Waals surface area contributed by atoms with Crippen molar-refractivity contribution in [3.05, 3.63) is 40.0 Å². The summed E-state index contributed by atoms with van der Waals surface area (Å²) in [6, 6.07) is 6.15. The Hall–Kier alpha value is -1.66. The highest BCUT2D eigenvalue weighted by Gasteiger charge is 2.12. The quantitative estimate of drug-likeness (QED) is 0.657. The van der Waals surface area contributed by atoms with Crippen molar-refractivity contribution in [2.45, 2.75) is 26.7 Å². The molecule has 0 aliphatic rings. The van der Waals surface area contributed by atoms with Crippen LogP contribution in [0, 0.1) is 6.92 Å². The van der Waals surface area contributed by atoms with Crippen molar-refractivity contribution in [3.63, 3.8) is 0 Å². The molecule has 6 heteroatoms. The predicted octanol–water partition coefficient (Wildman–Crippen LogP) is 3.75. The molecule has 0 unspecified atom stereocenters. The highest BCUT2D eigenvalue weighted by atomic mass is 79.9. The first kappa shape index (κ1) is 14.7. The lowest BCUT2D eigenvalue weighted by molar-refractivity contribution is 0.450. The first-order valence-electron chi connectivity index (χ1n) is 6.29. The van der Waals surface area contributed by atoms with Crippen molar-refractivity contribution in [2.75, 3.05) is 5.43 Å². The van der Waals surface area contributed by atoms with E-state index in [0.717, 1.165) is 16.9 Å². The Kier molecular flexibility index (Phi) is 4.57. The number of rotatable bonds is 4. The van der Waals surface area contributed by atoms with Gasteiger partial charge in [-0.05, 0) is 46.0 Å². The molecule has 0 saturated heterocycles. The molecule has 2 rings (SSSR count). The summed E-state index contributed by atoms with van der Waals surface area (Å²) in [5, 5.41) is 0. The number of halogens is 1. The molecule has 0 bridgehead atoms. The van der Waals surface area contributed by atoms with E-state index in [0.29, 0.717) is 22.2 Å². The van der Waals surface area contributed by atoms with Gasteiger partial charge in [0, 0.05) is 0 Å². The number of anilines is 1. The SMILES string of the molecule is Cc1ccc(C(C)C)c(Oc2nc(NN)ncc2Br)c1. The van der Waals surface area contributed by atoms with Gasteiger partial charge in [-0.15, -0.1) is 0 Å². The molecule has 20 heavy (non-hydrogen) atoms. The maximum atomic E-state index is 5.93. The van der Waals surface area contributed by atoms with Crippen molar-refractivity contribution in [1.29, 1.82) is 0 Å². The molecular formula is C14H17BrN4O. The molecule has 0 aliphatic heterocycles. The standard InChI is InChI=1S/C14H17BrN4O/c1-8(2)10-5-4-9(3)6-12(10)20-13-11(15)7-17-14(18-13)19-16/h4-8H,16H2,1-3H3,(H,17,18,19). The van der Waals surface area contributed by atoms with E-state index in [-0.39, 0.29) is 0 Å². The van der Waals surface area contributed by atoms with Gasteiger partial charge in [0.15, 0.2) is 0 Å². The highest BCUT2D eigenvalue weighted by Crippen LogP contribution is 2.33. The molecular weight excluding hydrogens is 320 g/mol. The number of nitrogen functional groups attached to an aromatic ring is 1. The molecule has 2 aromatic rings. The normalized spacial score (nSPS) is 10.7. The van der Waals surface area contributed by atoms with Gasteiger partial charge in [-0.1, -0.05) is 26.0 Å². The summed E-state index contributed by atoms with van der Waals surface area (Å²) in [7, 11) is 0. The molecule has 0 radical (unpaired) electrons. The second-order valence-electron chi connectivity index (χ2n) is 4.79. The molecule has 5 nitrogen and oxygen atoms in total. The van der Waals surface area contributed by atoms with Crippen molar-refractivity contribution < 1.29 is 4.74 Å². The van der Waals surface area contributed by atoms with E-state index in [4.69, 9.17) is 10.6 Å². The molecule has 1 heterocycles. The molecule has 0 amide bonds. The maximum absolute atomic E-state index is 5.93. The number of nitrogens with zero attached hydrogens (tertiary/aromatic N) is 2. The molecule has 0 spiro atoms. The van der Waals surface area contributed by atoms with Crippen LogP contribution in [-0.4, -0.2) is 9.97 Å². The summed E-state index contributed by atoms with van der Waals surface area (Å²) in [4.78, 5) is 8.20. The van der Waals surface area contributed by atoms with Crippen LogP contribution in [0.5, 0.6) is 11.6 Å². The van der Waals surface area contributed by atoms with Crippen LogP contribution in [0.1, 0.15) is 30.9 Å². The Balaban J connectivity index is 2.41. The first-order chi connectivity index (χ1) is 9.51. The van der Waals surface area contributed by atoms with E-state index >= 15 is 0 Å². The monoisotopic (exact) mass is 336 g/mol. The number of hydrogen-bond donors (Lipinski definition) is 2. The summed E-state index contributed by atoms with van der Waals surface area (Å²) < 4.78 is 6.61. The van der Waals surface area contributed by atoms with E-state index in [1.807, 2.05) is 13.0 Å². The third-order valence-corrected chi connectivity index (χ3v) is 3.38. The Morgan fingerprint density at radius 2 is 2.10 bits per heavy atom. The minimum Gasteiger partial charge on any atom is -0.437 e. The summed E-state index contributed by atoms with van der Waals surface area (Å²) in [6.07, 6.45) is 1.60. The second kappa shape index (κ2) is 6.19. The van der Waals surface area contributed by atoms with E-state index in [1.54, 1.807) is 6.20 Å². The Labute approximate surface area is 126 Å². The third kappa shape index (κ3) is 3.26. The van der Waals surface area contributed by atoms with Crippen LogP contribution < -0.4 is 16.0 Å². The Morgan fingerprint density at radius 3 is 2.75 bits per heavy atom. The van der Waals surface area contributed by atoms with Crippen LogP contribution in [0.3, 0.4) is 0 Å². The number of hydrazine groups is 1. The largest absolute Gasteiger partial charge is 0.437 e. The van der Waals surface area contributed by atoms with E-state index in [2.05, 4.69) is 57.3 Å². The zero-order chi connectivity index (χ0) is 14.7. The summed E-state index contributed by atoms with van der Waals surface area (Å²) in [6.45, 7) is 6.28. The number of aromatic nitrogens is 2. The molecule has 3 N–H and O–H groups in total. The summed E-state index contributed by atoms with van der Waals surface area (Å²) in [5.41, 5.74) is 4.67. The highest BCUT2D eigenvalue weighted by molar-refractivity contribution is 9.10. The van der Waals surface area contributed by atoms with Crippen LogP contribution in [0.15, 0.2) is 28.9 Å². The van der Waals surface area contributed by atoms with Crippen LogP contribution >= 0.6 is 15.9 Å². The average molecular weight is 337 g/mol. The lowest BCUT2D eigenvalue weighted by Crippen LogP contribution is -2.10. The third-order valence-electron chi connectivity index (χ3n) is 2.84. The van der Waals surface area contributed by atoms with Gasteiger partial charge >= 0.3 is 0 Å². The molecule has 0 fully saturated rings. The molecule has 1 aromatic carbocycles. The fourth-order valence-corrected chi connectivity index (χ4v) is 2.08. The number of aryl methyl sites for hydroxylation is 1. The van der Waals surface area contributed by atoms with Gasteiger partial charge in [0.05, 0.1) is 10.7 Å². The minimum atomic E-state index is 0.307. The van der Waals surface area contributed by atoms with E-state index < -0.39 is 0 Å². The van der Waals surface area contributed by atoms with Crippen molar-refractivity contribution >= 4 is 21.9 Å². The van der Waals surface area contributed by atoms with Crippen molar-refractivity contribution in [1.82, 2.24) is 9.97 Å². The zero-order valence-electron chi connectivity index (χ0n) is 11.6. The lowest BCUT2D eigenvalue weighted by Gasteiger charge is -2.15. The summed E-state index contributed by atoms with van der Waals surface area (Å²) in [5.74, 6) is 7.21. The molecule has 0 atom stereocenters.